The summed E-state index contributed by atoms with van der Waals surface area (Å²) in [7, 11) is 0. The molecular formula is C23H18BrCl2N3O3. The van der Waals surface area contributed by atoms with E-state index in [1.807, 2.05) is 37.3 Å². The molecule has 4 rings (SSSR count). The van der Waals surface area contributed by atoms with Gasteiger partial charge in [-0.25, -0.2) is 0 Å². The fourth-order valence-corrected chi connectivity index (χ4v) is 3.72. The summed E-state index contributed by atoms with van der Waals surface area (Å²) in [4.78, 5) is 12.6. The molecular weight excluding hydrogens is 517 g/mol. The molecule has 2 heterocycles. The van der Waals surface area contributed by atoms with Crippen LogP contribution in [0.2, 0.25) is 10.0 Å². The number of ether oxygens (including phenoxy) is 1. The quantitative estimate of drug-likeness (QED) is 0.285. The summed E-state index contributed by atoms with van der Waals surface area (Å²) in [5.41, 5.74) is 1.75. The molecule has 1 amide bonds. The lowest BCUT2D eigenvalue weighted by molar-refractivity contribution is 0.0992. The van der Waals surface area contributed by atoms with Crippen molar-refractivity contribution < 1.29 is 13.9 Å². The van der Waals surface area contributed by atoms with Crippen molar-refractivity contribution in [2.24, 2.45) is 0 Å². The average Bonchev–Trinajstić information content (AvgIpc) is 3.36. The first-order valence-corrected chi connectivity index (χ1v) is 11.2. The van der Waals surface area contributed by atoms with E-state index in [-0.39, 0.29) is 12.4 Å². The third-order valence-electron chi connectivity index (χ3n) is 4.64. The van der Waals surface area contributed by atoms with Crippen LogP contribution in [0.5, 0.6) is 5.75 Å². The predicted octanol–water partition coefficient (Wildman–Crippen LogP) is 6.73. The number of amides is 1. The van der Waals surface area contributed by atoms with Gasteiger partial charge in [-0.3, -0.25) is 9.48 Å². The number of benzene rings is 2. The second-order valence-corrected chi connectivity index (χ2v) is 8.79. The van der Waals surface area contributed by atoms with Gasteiger partial charge >= 0.3 is 0 Å². The number of carbonyl (C=O) groups excluding carboxylic acids is 1. The maximum atomic E-state index is 12.6. The van der Waals surface area contributed by atoms with Crippen molar-refractivity contribution in [3.63, 3.8) is 0 Å². The highest BCUT2D eigenvalue weighted by Crippen LogP contribution is 2.23. The Balaban J connectivity index is 1.38. The zero-order valence-corrected chi connectivity index (χ0v) is 20.0. The van der Waals surface area contributed by atoms with Gasteiger partial charge < -0.3 is 14.5 Å². The van der Waals surface area contributed by atoms with Crippen molar-refractivity contribution in [3.05, 3.63) is 98.0 Å². The third-order valence-corrected chi connectivity index (χ3v) is 5.75. The van der Waals surface area contributed by atoms with Crippen molar-refractivity contribution >= 4 is 50.9 Å². The molecule has 0 spiro atoms. The molecule has 0 aliphatic carbocycles. The maximum Gasteiger partial charge on any atom is 0.292 e. The maximum absolute atomic E-state index is 12.6. The number of aryl methyl sites for hydroxylation is 1. The Kier molecular flexibility index (Phi) is 6.89. The summed E-state index contributed by atoms with van der Waals surface area (Å²) in [5, 5.41) is 8.34. The van der Waals surface area contributed by atoms with E-state index in [1.165, 1.54) is 0 Å². The molecule has 0 saturated heterocycles. The minimum atomic E-state index is -0.394. The Labute approximate surface area is 203 Å². The predicted molar refractivity (Wildman–Crippen MR) is 128 cm³/mol. The zero-order chi connectivity index (χ0) is 22.7. The molecule has 0 unspecified atom stereocenters. The van der Waals surface area contributed by atoms with Gasteiger partial charge in [-0.15, -0.1) is 0 Å². The first kappa shape index (κ1) is 22.5. The van der Waals surface area contributed by atoms with Crippen LogP contribution in [0, 0.1) is 6.92 Å². The van der Waals surface area contributed by atoms with Gasteiger partial charge in [-0.2, -0.15) is 5.10 Å². The molecule has 2 aromatic heterocycles. The average molecular weight is 535 g/mol. The van der Waals surface area contributed by atoms with Crippen LogP contribution in [-0.4, -0.2) is 15.7 Å². The number of halogens is 3. The number of furan rings is 1. The van der Waals surface area contributed by atoms with Crippen molar-refractivity contribution in [1.82, 2.24) is 9.78 Å². The molecule has 6 nitrogen and oxygen atoms in total. The van der Waals surface area contributed by atoms with Crippen molar-refractivity contribution in [2.75, 3.05) is 5.32 Å². The van der Waals surface area contributed by atoms with Crippen molar-refractivity contribution in [3.8, 4) is 5.75 Å². The van der Waals surface area contributed by atoms with E-state index in [9.17, 15) is 4.79 Å². The van der Waals surface area contributed by atoms with Crippen LogP contribution in [0.1, 0.15) is 27.6 Å². The lowest BCUT2D eigenvalue weighted by Gasteiger charge is -2.07. The minimum Gasteiger partial charge on any atom is -0.486 e. The second-order valence-electron chi connectivity index (χ2n) is 7.03. The van der Waals surface area contributed by atoms with E-state index in [0.717, 1.165) is 15.7 Å². The van der Waals surface area contributed by atoms with E-state index < -0.39 is 5.91 Å². The molecule has 1 N–H and O–H groups in total. The fraction of sp³-hybridized carbons (Fsp3) is 0.130. The van der Waals surface area contributed by atoms with E-state index in [4.69, 9.17) is 32.4 Å². The standard InChI is InChI=1S/C23H18BrCl2N3O3/c1-14-10-22(28-29(14)12-15-2-5-17(25)11-20(15)26)27-23(30)21-9-8-19(32-21)13-31-18-6-3-16(24)4-7-18/h2-11H,12-13H2,1H3,(H,27,28,30). The van der Waals surface area contributed by atoms with Gasteiger partial charge in [0.15, 0.2) is 11.6 Å². The smallest absolute Gasteiger partial charge is 0.292 e. The number of carbonyl (C=O) groups is 1. The molecule has 0 saturated carbocycles. The molecule has 0 aliphatic heterocycles. The third kappa shape index (κ3) is 5.54. The number of anilines is 1. The van der Waals surface area contributed by atoms with Crippen molar-refractivity contribution in [1.29, 1.82) is 0 Å². The van der Waals surface area contributed by atoms with E-state index >= 15 is 0 Å². The van der Waals surface area contributed by atoms with Gasteiger partial charge in [-0.05, 0) is 61.0 Å². The van der Waals surface area contributed by atoms with Crippen LogP contribution < -0.4 is 10.1 Å². The highest BCUT2D eigenvalue weighted by Gasteiger charge is 2.15. The molecule has 0 aliphatic rings. The monoisotopic (exact) mass is 533 g/mol. The van der Waals surface area contributed by atoms with Crippen LogP contribution >= 0.6 is 39.1 Å². The number of nitrogens with one attached hydrogen (secondary N) is 1. The Bertz CT molecular complexity index is 1250. The molecule has 32 heavy (non-hydrogen) atoms. The van der Waals surface area contributed by atoms with E-state index in [1.54, 1.807) is 35.0 Å². The van der Waals surface area contributed by atoms with E-state index in [2.05, 4.69) is 26.3 Å². The lowest BCUT2D eigenvalue weighted by Crippen LogP contribution is -2.12. The Morgan fingerprint density at radius 2 is 1.91 bits per heavy atom. The summed E-state index contributed by atoms with van der Waals surface area (Å²) in [6.07, 6.45) is 0. The Morgan fingerprint density at radius 3 is 2.66 bits per heavy atom. The Hall–Kier alpha value is -2.74. The van der Waals surface area contributed by atoms with Gasteiger partial charge in [0.2, 0.25) is 0 Å². The number of hydrogen-bond acceptors (Lipinski definition) is 4. The summed E-state index contributed by atoms with van der Waals surface area (Å²) in [6, 6.07) is 17.9. The minimum absolute atomic E-state index is 0.173. The van der Waals surface area contributed by atoms with Gasteiger partial charge in [0.05, 0.1) is 6.54 Å². The fourth-order valence-electron chi connectivity index (χ4n) is 2.98. The summed E-state index contributed by atoms with van der Waals surface area (Å²) < 4.78 is 14.0. The van der Waals surface area contributed by atoms with Gasteiger partial charge in [-0.1, -0.05) is 45.2 Å². The van der Waals surface area contributed by atoms with Crippen LogP contribution in [0.25, 0.3) is 0 Å². The number of hydrogen-bond donors (Lipinski definition) is 1. The molecule has 0 fully saturated rings. The number of nitrogens with zero attached hydrogens (tertiary/aromatic N) is 2. The first-order chi connectivity index (χ1) is 15.4. The van der Waals surface area contributed by atoms with Gasteiger partial charge in [0.1, 0.15) is 18.1 Å². The van der Waals surface area contributed by atoms with Crippen LogP contribution in [0.3, 0.4) is 0 Å². The lowest BCUT2D eigenvalue weighted by atomic mass is 10.2. The van der Waals surface area contributed by atoms with Gasteiger partial charge in [0.25, 0.3) is 5.91 Å². The summed E-state index contributed by atoms with van der Waals surface area (Å²) in [6.45, 7) is 2.57. The van der Waals surface area contributed by atoms with Crippen molar-refractivity contribution in [2.45, 2.75) is 20.1 Å². The van der Waals surface area contributed by atoms with Crippen LogP contribution in [0.15, 0.2) is 69.6 Å². The SMILES string of the molecule is Cc1cc(NC(=O)c2ccc(COc3ccc(Br)cc3)o2)nn1Cc1ccc(Cl)cc1Cl. The molecule has 164 valence electrons. The van der Waals surface area contributed by atoms with Crippen LogP contribution in [-0.2, 0) is 13.2 Å². The molecule has 9 heteroatoms. The molecule has 0 atom stereocenters. The second kappa shape index (κ2) is 9.81. The van der Waals surface area contributed by atoms with Gasteiger partial charge in [0, 0.05) is 26.3 Å². The topological polar surface area (TPSA) is 69.3 Å². The molecule has 0 bridgehead atoms. The summed E-state index contributed by atoms with van der Waals surface area (Å²) >= 11 is 15.6. The molecule has 0 radical (unpaired) electrons. The highest BCUT2D eigenvalue weighted by atomic mass is 79.9. The largest absolute Gasteiger partial charge is 0.486 e. The molecule has 2 aromatic carbocycles. The first-order valence-electron chi connectivity index (χ1n) is 9.64. The molecule has 4 aromatic rings. The van der Waals surface area contributed by atoms with Crippen LogP contribution in [0.4, 0.5) is 5.82 Å². The highest BCUT2D eigenvalue weighted by molar-refractivity contribution is 9.10. The Morgan fingerprint density at radius 1 is 1.12 bits per heavy atom. The zero-order valence-electron chi connectivity index (χ0n) is 16.9. The normalized spacial score (nSPS) is 10.9. The number of aromatic nitrogens is 2. The summed E-state index contributed by atoms with van der Waals surface area (Å²) in [5.74, 6) is 1.44. The van der Waals surface area contributed by atoms with E-state index in [0.29, 0.717) is 33.9 Å². The number of rotatable bonds is 7.